The summed E-state index contributed by atoms with van der Waals surface area (Å²) >= 11 is 0. The van der Waals surface area contributed by atoms with Crippen molar-refractivity contribution in [2.75, 3.05) is 19.6 Å². The van der Waals surface area contributed by atoms with Gasteiger partial charge in [0, 0.05) is 26.2 Å². The van der Waals surface area contributed by atoms with E-state index < -0.39 is 0 Å². The average molecular weight is 237 g/mol. The van der Waals surface area contributed by atoms with Crippen molar-refractivity contribution in [1.82, 2.24) is 25.2 Å². The maximum atomic E-state index is 3.92. The van der Waals surface area contributed by atoms with Gasteiger partial charge in [-0.05, 0) is 32.9 Å². The molecule has 2 heterocycles. The van der Waals surface area contributed by atoms with E-state index in [0.717, 1.165) is 18.8 Å². The second-order valence-electron chi connectivity index (χ2n) is 4.93. The number of nitrogens with one attached hydrogen (secondary N) is 1. The Hall–Kier alpha value is -0.940. The standard InChI is InChI=1S/C12H23N5/c1-11(17-6-4-3-5-7-17)8-13-9-12-10-14-15-16(12)2/h10-11,13H,3-9H2,1-2H3. The zero-order valence-electron chi connectivity index (χ0n) is 10.9. The van der Waals surface area contributed by atoms with E-state index in [9.17, 15) is 0 Å². The van der Waals surface area contributed by atoms with Crippen LogP contribution in [0.5, 0.6) is 0 Å². The molecule has 1 aliphatic rings. The highest BCUT2D eigenvalue weighted by molar-refractivity contribution is 4.92. The molecule has 0 spiro atoms. The van der Waals surface area contributed by atoms with Gasteiger partial charge in [-0.1, -0.05) is 11.6 Å². The Balaban J connectivity index is 1.69. The molecule has 1 aliphatic heterocycles. The van der Waals surface area contributed by atoms with E-state index in [2.05, 4.69) is 27.5 Å². The highest BCUT2D eigenvalue weighted by Crippen LogP contribution is 2.11. The molecule has 0 saturated carbocycles. The van der Waals surface area contributed by atoms with Crippen LogP contribution >= 0.6 is 0 Å². The van der Waals surface area contributed by atoms with Crippen LogP contribution in [0, 0.1) is 0 Å². The highest BCUT2D eigenvalue weighted by atomic mass is 15.4. The molecule has 0 amide bonds. The molecule has 0 radical (unpaired) electrons. The van der Waals surface area contributed by atoms with Crippen molar-refractivity contribution in [3.05, 3.63) is 11.9 Å². The van der Waals surface area contributed by atoms with Crippen LogP contribution in [0.2, 0.25) is 0 Å². The Labute approximate surface area is 103 Å². The maximum Gasteiger partial charge on any atom is 0.0738 e. The molecule has 5 nitrogen and oxygen atoms in total. The number of hydrogen-bond acceptors (Lipinski definition) is 4. The smallest absolute Gasteiger partial charge is 0.0738 e. The van der Waals surface area contributed by atoms with E-state index >= 15 is 0 Å². The summed E-state index contributed by atoms with van der Waals surface area (Å²) in [5, 5.41) is 11.3. The van der Waals surface area contributed by atoms with Crippen LogP contribution in [0.3, 0.4) is 0 Å². The molecule has 1 N–H and O–H groups in total. The molecule has 1 unspecified atom stereocenters. The third-order valence-corrected chi connectivity index (χ3v) is 3.57. The van der Waals surface area contributed by atoms with Crippen LogP contribution < -0.4 is 5.32 Å². The summed E-state index contributed by atoms with van der Waals surface area (Å²) in [6.07, 6.45) is 5.93. The number of nitrogens with zero attached hydrogens (tertiary/aromatic N) is 4. The molecule has 0 bridgehead atoms. The number of aryl methyl sites for hydroxylation is 1. The van der Waals surface area contributed by atoms with Crippen LogP contribution in [0.15, 0.2) is 6.20 Å². The molecular formula is C12H23N5. The quantitative estimate of drug-likeness (QED) is 0.822. The van der Waals surface area contributed by atoms with Crippen LogP contribution in [0.4, 0.5) is 0 Å². The summed E-state index contributed by atoms with van der Waals surface area (Å²) in [5.74, 6) is 0. The molecule has 5 heteroatoms. The van der Waals surface area contributed by atoms with Crippen LogP contribution in [0.1, 0.15) is 31.9 Å². The minimum absolute atomic E-state index is 0.622. The fraction of sp³-hybridized carbons (Fsp3) is 0.833. The van der Waals surface area contributed by atoms with E-state index in [1.807, 2.05) is 17.9 Å². The Morgan fingerprint density at radius 3 is 2.76 bits per heavy atom. The summed E-state index contributed by atoms with van der Waals surface area (Å²) in [6.45, 7) is 6.71. The maximum absolute atomic E-state index is 3.92. The predicted octanol–water partition coefficient (Wildman–Crippen LogP) is 0.779. The molecule has 1 aromatic rings. The first-order chi connectivity index (χ1) is 8.27. The molecule has 1 atom stereocenters. The van der Waals surface area contributed by atoms with Crippen LogP contribution in [-0.2, 0) is 13.6 Å². The van der Waals surface area contributed by atoms with Gasteiger partial charge < -0.3 is 5.32 Å². The number of piperidine rings is 1. The van der Waals surface area contributed by atoms with E-state index in [1.54, 1.807) is 0 Å². The van der Waals surface area contributed by atoms with Gasteiger partial charge >= 0.3 is 0 Å². The molecule has 1 fully saturated rings. The predicted molar refractivity (Wildman–Crippen MR) is 67.6 cm³/mol. The molecule has 96 valence electrons. The van der Waals surface area contributed by atoms with Crippen LogP contribution in [0.25, 0.3) is 0 Å². The summed E-state index contributed by atoms with van der Waals surface area (Å²) in [4.78, 5) is 2.58. The number of rotatable bonds is 5. The third kappa shape index (κ3) is 3.51. The Morgan fingerprint density at radius 1 is 1.35 bits per heavy atom. The largest absolute Gasteiger partial charge is 0.310 e. The first-order valence-electron chi connectivity index (χ1n) is 6.55. The number of likely N-dealkylation sites (tertiary alicyclic amines) is 1. The topological polar surface area (TPSA) is 46.0 Å². The van der Waals surface area contributed by atoms with Crippen molar-refractivity contribution in [2.24, 2.45) is 7.05 Å². The summed E-state index contributed by atoms with van der Waals surface area (Å²) in [7, 11) is 1.93. The molecule has 0 aliphatic carbocycles. The van der Waals surface area contributed by atoms with Gasteiger partial charge in [-0.25, -0.2) is 0 Å². The van der Waals surface area contributed by atoms with E-state index in [4.69, 9.17) is 0 Å². The van der Waals surface area contributed by atoms with Gasteiger partial charge in [-0.15, -0.1) is 5.10 Å². The first-order valence-corrected chi connectivity index (χ1v) is 6.55. The number of aromatic nitrogens is 3. The van der Waals surface area contributed by atoms with Crippen molar-refractivity contribution in [3.63, 3.8) is 0 Å². The van der Waals surface area contributed by atoms with Gasteiger partial charge in [-0.3, -0.25) is 9.58 Å². The second-order valence-corrected chi connectivity index (χ2v) is 4.93. The summed E-state index contributed by atoms with van der Waals surface area (Å²) in [6, 6.07) is 0.622. The SMILES string of the molecule is CC(CNCc1cnnn1C)N1CCCCC1. The first kappa shape index (κ1) is 12.5. The van der Waals surface area contributed by atoms with Crippen molar-refractivity contribution < 1.29 is 0 Å². The lowest BCUT2D eigenvalue weighted by Crippen LogP contribution is -2.43. The molecule has 1 saturated heterocycles. The molecule has 1 aromatic heterocycles. The van der Waals surface area contributed by atoms with E-state index in [0.29, 0.717) is 6.04 Å². The van der Waals surface area contributed by atoms with Crippen molar-refractivity contribution in [2.45, 2.75) is 38.8 Å². The van der Waals surface area contributed by atoms with Crippen molar-refractivity contribution in [3.8, 4) is 0 Å². The van der Waals surface area contributed by atoms with Crippen molar-refractivity contribution in [1.29, 1.82) is 0 Å². The van der Waals surface area contributed by atoms with Gasteiger partial charge in [0.1, 0.15) is 0 Å². The van der Waals surface area contributed by atoms with Gasteiger partial charge in [0.2, 0.25) is 0 Å². The normalized spacial score (nSPS) is 19.4. The minimum Gasteiger partial charge on any atom is -0.310 e. The Kier molecular flexibility index (Phi) is 4.50. The fourth-order valence-electron chi connectivity index (χ4n) is 2.37. The fourth-order valence-corrected chi connectivity index (χ4v) is 2.37. The Bertz CT molecular complexity index is 329. The number of hydrogen-bond donors (Lipinski definition) is 1. The minimum atomic E-state index is 0.622. The lowest BCUT2D eigenvalue weighted by molar-refractivity contribution is 0.170. The van der Waals surface area contributed by atoms with E-state index in [-0.39, 0.29) is 0 Å². The summed E-state index contributed by atoms with van der Waals surface area (Å²) < 4.78 is 1.82. The highest BCUT2D eigenvalue weighted by Gasteiger charge is 2.15. The zero-order chi connectivity index (χ0) is 12.1. The molecular weight excluding hydrogens is 214 g/mol. The van der Waals surface area contributed by atoms with Gasteiger partial charge in [0.15, 0.2) is 0 Å². The summed E-state index contributed by atoms with van der Waals surface area (Å²) in [5.41, 5.74) is 1.14. The average Bonchev–Trinajstić information content (AvgIpc) is 2.76. The lowest BCUT2D eigenvalue weighted by atomic mass is 10.1. The monoisotopic (exact) mass is 237 g/mol. The molecule has 0 aromatic carbocycles. The lowest BCUT2D eigenvalue weighted by Gasteiger charge is -2.32. The molecule has 17 heavy (non-hydrogen) atoms. The van der Waals surface area contributed by atoms with Gasteiger partial charge in [-0.2, -0.15) is 0 Å². The van der Waals surface area contributed by atoms with Gasteiger partial charge in [0.05, 0.1) is 11.9 Å². The van der Waals surface area contributed by atoms with Gasteiger partial charge in [0.25, 0.3) is 0 Å². The van der Waals surface area contributed by atoms with Crippen molar-refractivity contribution >= 4 is 0 Å². The third-order valence-electron chi connectivity index (χ3n) is 3.57. The second kappa shape index (κ2) is 6.12. The van der Waals surface area contributed by atoms with Crippen LogP contribution in [-0.4, -0.2) is 45.6 Å². The Morgan fingerprint density at radius 2 is 2.12 bits per heavy atom. The molecule has 2 rings (SSSR count). The van der Waals surface area contributed by atoms with E-state index in [1.165, 1.54) is 32.4 Å². The zero-order valence-corrected chi connectivity index (χ0v) is 10.9.